The highest BCUT2D eigenvalue weighted by molar-refractivity contribution is 5.66. The standard InChI is InChI=1S/C19H24N10/c1-12-7-16(27-26-12)24-17-10-29-19(21-11-22-29)18(25-17)23-13-8-14-3-4-15(9-13)28(14)6-2-5-20/h7,10-11,13-15H,2-4,6,8-9H2,1H3,(H,23,25)(H2,24,26,27)/t13?,14-,15?/m0/s1. The normalized spacial score (nSPS) is 23.9. The minimum atomic E-state index is 0.335. The number of nitrogens with one attached hydrogen (secondary N) is 3. The Bertz CT molecular complexity index is 1030. The molecule has 0 radical (unpaired) electrons. The van der Waals surface area contributed by atoms with Gasteiger partial charge in [-0.3, -0.25) is 10.00 Å². The molecule has 2 aliphatic rings. The topological polar surface area (TPSA) is 123 Å². The molecule has 3 atom stereocenters. The van der Waals surface area contributed by atoms with Crippen LogP contribution in [0.5, 0.6) is 0 Å². The van der Waals surface area contributed by atoms with Crippen LogP contribution in [0.3, 0.4) is 0 Å². The van der Waals surface area contributed by atoms with Crippen molar-refractivity contribution in [2.75, 3.05) is 17.2 Å². The maximum absolute atomic E-state index is 8.93. The van der Waals surface area contributed by atoms with Gasteiger partial charge in [0.15, 0.2) is 23.1 Å². The van der Waals surface area contributed by atoms with Gasteiger partial charge < -0.3 is 10.6 Å². The van der Waals surface area contributed by atoms with Crippen molar-refractivity contribution >= 4 is 23.1 Å². The lowest BCUT2D eigenvalue weighted by Gasteiger charge is -2.39. The molecule has 3 aromatic heterocycles. The molecule has 2 aliphatic heterocycles. The second-order valence-corrected chi connectivity index (χ2v) is 7.91. The van der Waals surface area contributed by atoms with Crippen LogP contribution in [0.25, 0.3) is 5.65 Å². The third-order valence-electron chi connectivity index (χ3n) is 5.93. The Balaban J connectivity index is 1.35. The lowest BCUT2D eigenvalue weighted by molar-refractivity contribution is 0.136. The van der Waals surface area contributed by atoms with Gasteiger partial charge in [0.05, 0.1) is 12.3 Å². The van der Waals surface area contributed by atoms with Gasteiger partial charge in [-0.1, -0.05) is 0 Å². The highest BCUT2D eigenvalue weighted by Crippen LogP contribution is 2.37. The number of nitrogens with zero attached hydrogens (tertiary/aromatic N) is 7. The second-order valence-electron chi connectivity index (χ2n) is 7.91. The number of anilines is 3. The zero-order valence-corrected chi connectivity index (χ0v) is 16.3. The van der Waals surface area contributed by atoms with Gasteiger partial charge >= 0.3 is 0 Å². The average molecular weight is 392 g/mol. The molecule has 10 heteroatoms. The quantitative estimate of drug-likeness (QED) is 0.583. The maximum atomic E-state index is 8.93. The number of H-pyrrole nitrogens is 1. The zero-order valence-electron chi connectivity index (χ0n) is 16.3. The maximum Gasteiger partial charge on any atom is 0.198 e. The van der Waals surface area contributed by atoms with Gasteiger partial charge in [0, 0.05) is 42.9 Å². The molecule has 0 amide bonds. The molecule has 0 aromatic carbocycles. The highest BCUT2D eigenvalue weighted by atomic mass is 15.3. The Morgan fingerprint density at radius 2 is 2.10 bits per heavy atom. The molecule has 2 fully saturated rings. The molecule has 5 rings (SSSR count). The first-order chi connectivity index (χ1) is 14.2. The molecule has 0 spiro atoms. The van der Waals surface area contributed by atoms with Crippen molar-refractivity contribution in [3.05, 3.63) is 24.3 Å². The Labute approximate surface area is 168 Å². The van der Waals surface area contributed by atoms with Gasteiger partial charge in [0.25, 0.3) is 0 Å². The molecular weight excluding hydrogens is 368 g/mol. The zero-order chi connectivity index (χ0) is 19.8. The summed E-state index contributed by atoms with van der Waals surface area (Å²) in [7, 11) is 0. The summed E-state index contributed by atoms with van der Waals surface area (Å²) in [5, 5.41) is 27.2. The molecule has 3 N–H and O–H groups in total. The van der Waals surface area contributed by atoms with Gasteiger partial charge in [-0.2, -0.15) is 15.5 Å². The Morgan fingerprint density at radius 3 is 2.83 bits per heavy atom. The fraction of sp³-hybridized carbons (Fsp3) is 0.526. The van der Waals surface area contributed by atoms with Gasteiger partial charge in [0.1, 0.15) is 6.33 Å². The van der Waals surface area contributed by atoms with Crippen LogP contribution in [0.15, 0.2) is 18.6 Å². The summed E-state index contributed by atoms with van der Waals surface area (Å²) in [5.41, 5.74) is 1.69. The van der Waals surface area contributed by atoms with Gasteiger partial charge in [-0.25, -0.2) is 14.5 Å². The number of hydrogen-bond donors (Lipinski definition) is 3. The monoisotopic (exact) mass is 392 g/mol. The molecule has 0 saturated carbocycles. The summed E-state index contributed by atoms with van der Waals surface area (Å²) in [6.07, 6.45) is 8.49. The van der Waals surface area contributed by atoms with Gasteiger partial charge in [0.2, 0.25) is 0 Å². The summed E-state index contributed by atoms with van der Waals surface area (Å²) < 4.78 is 1.73. The van der Waals surface area contributed by atoms with E-state index in [4.69, 9.17) is 10.2 Å². The van der Waals surface area contributed by atoms with Crippen molar-refractivity contribution in [2.45, 2.75) is 57.2 Å². The molecule has 5 heterocycles. The van der Waals surface area contributed by atoms with Crippen LogP contribution in [0.4, 0.5) is 17.5 Å². The van der Waals surface area contributed by atoms with Crippen LogP contribution in [-0.4, -0.2) is 59.3 Å². The van der Waals surface area contributed by atoms with Crippen LogP contribution < -0.4 is 10.6 Å². The first-order valence-corrected chi connectivity index (χ1v) is 10.1. The number of nitriles is 1. The van der Waals surface area contributed by atoms with Gasteiger partial charge in [-0.15, -0.1) is 0 Å². The summed E-state index contributed by atoms with van der Waals surface area (Å²) in [6.45, 7) is 2.84. The smallest absolute Gasteiger partial charge is 0.198 e. The predicted octanol–water partition coefficient (Wildman–Crippen LogP) is 2.22. The SMILES string of the molecule is Cc1cc(Nc2cn3ncnc3c(NC3CC4CC[C@@H](C3)N4CCC#N)n2)n[nH]1. The summed E-state index contributed by atoms with van der Waals surface area (Å²) in [5.74, 6) is 2.10. The van der Waals surface area contributed by atoms with Crippen molar-refractivity contribution in [1.82, 2.24) is 34.7 Å². The number of rotatable bonds is 6. The third-order valence-corrected chi connectivity index (χ3v) is 5.93. The van der Waals surface area contributed by atoms with E-state index in [1.165, 1.54) is 12.8 Å². The van der Waals surface area contributed by atoms with E-state index in [0.717, 1.165) is 30.9 Å². The predicted molar refractivity (Wildman–Crippen MR) is 108 cm³/mol. The molecule has 0 aliphatic carbocycles. The van der Waals surface area contributed by atoms with Crippen molar-refractivity contribution in [3.8, 4) is 6.07 Å². The van der Waals surface area contributed by atoms with E-state index >= 15 is 0 Å². The summed E-state index contributed by atoms with van der Waals surface area (Å²) in [4.78, 5) is 11.7. The Kier molecular flexibility index (Phi) is 4.52. The molecule has 2 unspecified atom stereocenters. The van der Waals surface area contributed by atoms with E-state index in [1.807, 2.05) is 19.2 Å². The van der Waals surface area contributed by atoms with Crippen molar-refractivity contribution in [1.29, 1.82) is 5.26 Å². The lowest BCUT2D eigenvalue weighted by atomic mass is 9.97. The molecule has 3 aromatic rings. The first kappa shape index (κ1) is 17.9. The van der Waals surface area contributed by atoms with E-state index in [9.17, 15) is 0 Å². The number of aromatic amines is 1. The lowest BCUT2D eigenvalue weighted by Crippen LogP contribution is -2.47. The van der Waals surface area contributed by atoms with E-state index in [2.05, 4.69) is 41.9 Å². The van der Waals surface area contributed by atoms with Crippen LogP contribution in [0.1, 0.15) is 37.8 Å². The van der Waals surface area contributed by atoms with E-state index in [-0.39, 0.29) is 0 Å². The van der Waals surface area contributed by atoms with E-state index in [0.29, 0.717) is 41.8 Å². The van der Waals surface area contributed by atoms with E-state index < -0.39 is 0 Å². The average Bonchev–Trinajstić information content (AvgIpc) is 3.39. The number of fused-ring (bicyclic) bond motifs is 3. The number of piperidine rings is 1. The minimum Gasteiger partial charge on any atom is -0.364 e. The van der Waals surface area contributed by atoms with Crippen LogP contribution >= 0.6 is 0 Å². The highest BCUT2D eigenvalue weighted by Gasteiger charge is 2.40. The largest absolute Gasteiger partial charge is 0.364 e. The van der Waals surface area contributed by atoms with Crippen LogP contribution in [0.2, 0.25) is 0 Å². The Morgan fingerprint density at radius 1 is 1.28 bits per heavy atom. The molecule has 29 heavy (non-hydrogen) atoms. The summed E-state index contributed by atoms with van der Waals surface area (Å²) >= 11 is 0. The number of aromatic nitrogens is 6. The van der Waals surface area contributed by atoms with Crippen molar-refractivity contribution < 1.29 is 0 Å². The molecule has 10 nitrogen and oxygen atoms in total. The molecule has 2 bridgehead atoms. The molecular formula is C19H24N10. The van der Waals surface area contributed by atoms with Crippen molar-refractivity contribution in [2.24, 2.45) is 0 Å². The second kappa shape index (κ2) is 7.33. The number of aryl methyl sites for hydroxylation is 1. The van der Waals surface area contributed by atoms with Crippen LogP contribution in [0, 0.1) is 18.3 Å². The third kappa shape index (κ3) is 3.49. The Hall–Kier alpha value is -3.19. The first-order valence-electron chi connectivity index (χ1n) is 10.1. The minimum absolute atomic E-state index is 0.335. The van der Waals surface area contributed by atoms with Crippen molar-refractivity contribution in [3.63, 3.8) is 0 Å². The fourth-order valence-corrected chi connectivity index (χ4v) is 4.73. The molecule has 2 saturated heterocycles. The summed E-state index contributed by atoms with van der Waals surface area (Å²) in [6, 6.07) is 5.63. The fourth-order valence-electron chi connectivity index (χ4n) is 4.73. The molecule has 150 valence electrons. The van der Waals surface area contributed by atoms with Crippen LogP contribution in [-0.2, 0) is 0 Å². The van der Waals surface area contributed by atoms with Gasteiger partial charge in [-0.05, 0) is 32.6 Å². The number of hydrogen-bond acceptors (Lipinski definition) is 8. The van der Waals surface area contributed by atoms with E-state index in [1.54, 1.807) is 10.8 Å².